The van der Waals surface area contributed by atoms with E-state index in [9.17, 15) is 0 Å². The summed E-state index contributed by atoms with van der Waals surface area (Å²) >= 11 is 9.32. The first-order valence-electron chi connectivity index (χ1n) is 6.12. The van der Waals surface area contributed by atoms with E-state index < -0.39 is 0 Å². The Morgan fingerprint density at radius 1 is 1.50 bits per heavy atom. The molecule has 0 saturated carbocycles. The van der Waals surface area contributed by atoms with Gasteiger partial charge in [0.1, 0.15) is 12.4 Å². The third-order valence-corrected chi connectivity index (χ3v) is 4.16. The van der Waals surface area contributed by atoms with Crippen LogP contribution in [0.2, 0.25) is 5.02 Å². The number of ether oxygens (including phenoxy) is 1. The normalized spacial score (nSPS) is 24.4. The SMILES string of the molecule is CC1CN(CCOc2ccc(Cl)cc2Br)CC1N. The third kappa shape index (κ3) is 3.60. The second-order valence-electron chi connectivity index (χ2n) is 4.82. The molecule has 18 heavy (non-hydrogen) atoms. The van der Waals surface area contributed by atoms with Gasteiger partial charge in [-0.1, -0.05) is 18.5 Å². The predicted molar refractivity (Wildman–Crippen MR) is 78.2 cm³/mol. The molecule has 1 aliphatic rings. The molecule has 0 aromatic heterocycles. The molecule has 2 unspecified atom stereocenters. The number of hydrogen-bond acceptors (Lipinski definition) is 3. The van der Waals surface area contributed by atoms with Crippen molar-refractivity contribution in [1.82, 2.24) is 4.90 Å². The molecule has 1 fully saturated rings. The Bertz CT molecular complexity index is 406. The standard InChI is InChI=1S/C13H18BrClN2O/c1-9-7-17(8-12(9)16)4-5-18-13-3-2-10(15)6-11(13)14/h2-3,6,9,12H,4-5,7-8,16H2,1H3. The molecule has 100 valence electrons. The van der Waals surface area contributed by atoms with E-state index in [1.807, 2.05) is 18.2 Å². The molecule has 2 N–H and O–H groups in total. The van der Waals surface area contributed by atoms with Gasteiger partial charge in [0.15, 0.2) is 0 Å². The highest BCUT2D eigenvalue weighted by atomic mass is 79.9. The Balaban J connectivity index is 1.79. The Morgan fingerprint density at radius 2 is 2.28 bits per heavy atom. The molecule has 0 spiro atoms. The Labute approximate surface area is 121 Å². The van der Waals surface area contributed by atoms with E-state index in [1.165, 1.54) is 0 Å². The maximum atomic E-state index is 5.99. The molecule has 0 aliphatic carbocycles. The van der Waals surface area contributed by atoms with Crippen molar-refractivity contribution in [2.24, 2.45) is 11.7 Å². The van der Waals surface area contributed by atoms with E-state index in [-0.39, 0.29) is 0 Å². The summed E-state index contributed by atoms with van der Waals surface area (Å²) in [4.78, 5) is 2.35. The summed E-state index contributed by atoms with van der Waals surface area (Å²) in [6.07, 6.45) is 0. The topological polar surface area (TPSA) is 38.5 Å². The molecule has 3 nitrogen and oxygen atoms in total. The number of benzene rings is 1. The Hall–Kier alpha value is -0.290. The number of likely N-dealkylation sites (tertiary alicyclic amines) is 1. The molecule has 1 aromatic carbocycles. The van der Waals surface area contributed by atoms with Crippen molar-refractivity contribution in [3.8, 4) is 5.75 Å². The fraction of sp³-hybridized carbons (Fsp3) is 0.538. The van der Waals surface area contributed by atoms with Crippen LogP contribution in [0.5, 0.6) is 5.75 Å². The third-order valence-electron chi connectivity index (χ3n) is 3.31. The van der Waals surface area contributed by atoms with Gasteiger partial charge in [0.25, 0.3) is 0 Å². The highest BCUT2D eigenvalue weighted by molar-refractivity contribution is 9.10. The smallest absolute Gasteiger partial charge is 0.133 e. The van der Waals surface area contributed by atoms with E-state index >= 15 is 0 Å². The highest BCUT2D eigenvalue weighted by Gasteiger charge is 2.25. The molecule has 0 amide bonds. The minimum Gasteiger partial charge on any atom is -0.491 e. The van der Waals surface area contributed by atoms with Crippen LogP contribution in [0.4, 0.5) is 0 Å². The number of nitrogens with two attached hydrogens (primary N) is 1. The van der Waals surface area contributed by atoms with Gasteiger partial charge in [0, 0.05) is 30.7 Å². The zero-order valence-electron chi connectivity index (χ0n) is 10.4. The summed E-state index contributed by atoms with van der Waals surface area (Å²) in [5.41, 5.74) is 5.99. The summed E-state index contributed by atoms with van der Waals surface area (Å²) in [6, 6.07) is 5.85. The van der Waals surface area contributed by atoms with Gasteiger partial charge in [-0.25, -0.2) is 0 Å². The van der Waals surface area contributed by atoms with Crippen LogP contribution in [0.25, 0.3) is 0 Å². The van der Waals surface area contributed by atoms with Crippen molar-refractivity contribution < 1.29 is 4.74 Å². The van der Waals surface area contributed by atoms with Gasteiger partial charge in [0.05, 0.1) is 4.47 Å². The van der Waals surface area contributed by atoms with Crippen LogP contribution in [0.3, 0.4) is 0 Å². The quantitative estimate of drug-likeness (QED) is 0.921. The van der Waals surface area contributed by atoms with Crippen LogP contribution < -0.4 is 10.5 Å². The van der Waals surface area contributed by atoms with E-state index in [0.29, 0.717) is 23.6 Å². The Morgan fingerprint density at radius 3 is 2.89 bits per heavy atom. The summed E-state index contributed by atoms with van der Waals surface area (Å²) < 4.78 is 6.63. The first-order chi connectivity index (χ1) is 8.56. The molecule has 2 rings (SSSR count). The lowest BCUT2D eigenvalue weighted by molar-refractivity contribution is 0.232. The lowest BCUT2D eigenvalue weighted by atomic mass is 10.1. The van der Waals surface area contributed by atoms with E-state index in [1.54, 1.807) is 0 Å². The zero-order valence-corrected chi connectivity index (χ0v) is 12.7. The number of nitrogens with zero attached hydrogens (tertiary/aromatic N) is 1. The van der Waals surface area contributed by atoms with E-state index in [2.05, 4.69) is 27.8 Å². The van der Waals surface area contributed by atoms with Crippen molar-refractivity contribution in [2.45, 2.75) is 13.0 Å². The fourth-order valence-corrected chi connectivity index (χ4v) is 2.95. The van der Waals surface area contributed by atoms with Crippen LogP contribution in [0.1, 0.15) is 6.92 Å². The van der Waals surface area contributed by atoms with Crippen LogP contribution >= 0.6 is 27.5 Å². The number of halogens is 2. The van der Waals surface area contributed by atoms with Crippen LogP contribution in [0, 0.1) is 5.92 Å². The van der Waals surface area contributed by atoms with Gasteiger partial charge < -0.3 is 10.5 Å². The molecule has 2 atom stereocenters. The summed E-state index contributed by atoms with van der Waals surface area (Å²) in [6.45, 7) is 5.80. The van der Waals surface area contributed by atoms with Gasteiger partial charge in [0.2, 0.25) is 0 Å². The van der Waals surface area contributed by atoms with E-state index in [4.69, 9.17) is 22.1 Å². The first-order valence-corrected chi connectivity index (χ1v) is 7.29. The van der Waals surface area contributed by atoms with E-state index in [0.717, 1.165) is 29.9 Å². The number of rotatable bonds is 4. The first kappa shape index (κ1) is 14.1. The van der Waals surface area contributed by atoms with Gasteiger partial charge >= 0.3 is 0 Å². The fourth-order valence-electron chi connectivity index (χ4n) is 2.15. The lowest BCUT2D eigenvalue weighted by Crippen LogP contribution is -2.30. The molecule has 5 heteroatoms. The van der Waals surface area contributed by atoms with Gasteiger partial charge in [-0.2, -0.15) is 0 Å². The molecule has 1 aliphatic heterocycles. The lowest BCUT2D eigenvalue weighted by Gasteiger charge is -2.16. The second-order valence-corrected chi connectivity index (χ2v) is 6.11. The average molecular weight is 334 g/mol. The summed E-state index contributed by atoms with van der Waals surface area (Å²) in [5.74, 6) is 1.41. The highest BCUT2D eigenvalue weighted by Crippen LogP contribution is 2.28. The summed E-state index contributed by atoms with van der Waals surface area (Å²) in [5, 5.41) is 0.702. The summed E-state index contributed by atoms with van der Waals surface area (Å²) in [7, 11) is 0. The van der Waals surface area contributed by atoms with Crippen molar-refractivity contribution >= 4 is 27.5 Å². The molecule has 1 heterocycles. The van der Waals surface area contributed by atoms with Crippen molar-refractivity contribution in [3.05, 3.63) is 27.7 Å². The average Bonchev–Trinajstić information content (AvgIpc) is 2.61. The largest absolute Gasteiger partial charge is 0.491 e. The maximum absolute atomic E-state index is 5.99. The van der Waals surface area contributed by atoms with Crippen LogP contribution in [0.15, 0.2) is 22.7 Å². The maximum Gasteiger partial charge on any atom is 0.133 e. The van der Waals surface area contributed by atoms with Crippen LogP contribution in [-0.2, 0) is 0 Å². The number of hydrogen-bond donors (Lipinski definition) is 1. The van der Waals surface area contributed by atoms with Crippen LogP contribution in [-0.4, -0.2) is 37.2 Å². The molecule has 0 bridgehead atoms. The molecule has 1 saturated heterocycles. The molecular formula is C13H18BrClN2O. The van der Waals surface area contributed by atoms with Gasteiger partial charge in [-0.3, -0.25) is 4.90 Å². The molecule has 1 aromatic rings. The molecular weight excluding hydrogens is 316 g/mol. The minimum atomic E-state index is 0.298. The van der Waals surface area contributed by atoms with Gasteiger partial charge in [-0.15, -0.1) is 0 Å². The second kappa shape index (κ2) is 6.24. The monoisotopic (exact) mass is 332 g/mol. The minimum absolute atomic E-state index is 0.298. The van der Waals surface area contributed by atoms with Crippen molar-refractivity contribution in [3.63, 3.8) is 0 Å². The van der Waals surface area contributed by atoms with Crippen molar-refractivity contribution in [2.75, 3.05) is 26.2 Å². The predicted octanol–water partition coefficient (Wildman–Crippen LogP) is 2.76. The Kier molecular flexibility index (Phi) is 4.90. The van der Waals surface area contributed by atoms with Crippen molar-refractivity contribution in [1.29, 1.82) is 0 Å². The zero-order chi connectivity index (χ0) is 13.1. The van der Waals surface area contributed by atoms with Gasteiger partial charge in [-0.05, 0) is 40.0 Å². The molecule has 0 radical (unpaired) electrons.